The molecule has 0 atom stereocenters. The average Bonchev–Trinajstić information content (AvgIpc) is 3.56. The monoisotopic (exact) mass is 699 g/mol. The highest BCUT2D eigenvalue weighted by Gasteiger charge is 2.46. The molecule has 264 valence electrons. The van der Waals surface area contributed by atoms with Crippen LogP contribution in [-0.2, 0) is 5.41 Å². The van der Waals surface area contributed by atoms with Gasteiger partial charge in [0.05, 0.1) is 22.1 Å². The van der Waals surface area contributed by atoms with Crippen LogP contribution in [0.25, 0.3) is 44.3 Å². The summed E-state index contributed by atoms with van der Waals surface area (Å²) < 4.78 is 37.1. The summed E-state index contributed by atoms with van der Waals surface area (Å²) in [5.74, 6) is 2.35. The van der Waals surface area contributed by atoms with E-state index in [0.717, 1.165) is 49.8 Å². The van der Waals surface area contributed by atoms with Gasteiger partial charge in [-0.15, -0.1) is 0 Å². The minimum atomic E-state index is -0.598. The third kappa shape index (κ3) is 3.83. The van der Waals surface area contributed by atoms with Gasteiger partial charge in [-0.05, 0) is 174 Å². The van der Waals surface area contributed by atoms with Crippen molar-refractivity contribution in [3.05, 3.63) is 105 Å². The highest BCUT2D eigenvalue weighted by molar-refractivity contribution is 6.98. The van der Waals surface area contributed by atoms with E-state index in [0.29, 0.717) is 23.7 Å². The van der Waals surface area contributed by atoms with E-state index < -0.39 is 18.3 Å². The van der Waals surface area contributed by atoms with Crippen LogP contribution in [-0.4, -0.2) is 20.7 Å². The Hall–Kier alpha value is -4.45. The lowest BCUT2D eigenvalue weighted by molar-refractivity contribution is 0.329. The first-order valence-corrected chi connectivity index (χ1v) is 20.2. The predicted octanol–water partition coefficient (Wildman–Crippen LogP) is 10.1. The van der Waals surface area contributed by atoms with E-state index in [1.54, 1.807) is 22.3 Å². The van der Waals surface area contributed by atoms with Crippen molar-refractivity contribution >= 4 is 61.7 Å². The molecular formula is C47H44BF2N3. The van der Waals surface area contributed by atoms with Crippen LogP contribution in [0, 0.1) is 25.5 Å². The van der Waals surface area contributed by atoms with E-state index in [2.05, 4.69) is 80.0 Å². The fourth-order valence-electron chi connectivity index (χ4n) is 12.2. The predicted molar refractivity (Wildman–Crippen MR) is 214 cm³/mol. The molecule has 1 aliphatic heterocycles. The Balaban J connectivity index is 1.35. The zero-order chi connectivity index (χ0) is 35.8. The fraction of sp³-hybridized carbons (Fsp3) is 0.383. The van der Waals surface area contributed by atoms with E-state index in [4.69, 9.17) is 4.98 Å². The minimum Gasteiger partial charge on any atom is -0.281 e. The van der Waals surface area contributed by atoms with Gasteiger partial charge in [0.15, 0.2) is 0 Å². The summed E-state index contributed by atoms with van der Waals surface area (Å²) in [7, 11) is 0. The molecule has 4 bridgehead atoms. The van der Waals surface area contributed by atoms with Gasteiger partial charge in [0.25, 0.3) is 6.71 Å². The van der Waals surface area contributed by atoms with Crippen LogP contribution >= 0.6 is 0 Å². The number of hydrogen-bond acceptors (Lipinski definition) is 1. The first-order chi connectivity index (χ1) is 25.6. The van der Waals surface area contributed by atoms with Crippen LogP contribution < -0.4 is 16.4 Å². The summed E-state index contributed by atoms with van der Waals surface area (Å²) in [6.07, 6.45) is 10.3. The van der Waals surface area contributed by atoms with E-state index >= 15 is 8.78 Å². The van der Waals surface area contributed by atoms with Gasteiger partial charge in [0, 0.05) is 16.5 Å². The Morgan fingerprint density at radius 1 is 0.679 bits per heavy atom. The third-order valence-corrected chi connectivity index (χ3v) is 14.8. The molecule has 2 saturated carbocycles. The van der Waals surface area contributed by atoms with Crippen molar-refractivity contribution in [2.24, 2.45) is 0 Å². The molecule has 0 amide bonds. The quantitative estimate of drug-likeness (QED) is 0.156. The average molecular weight is 700 g/mol. The van der Waals surface area contributed by atoms with E-state index in [9.17, 15) is 0 Å². The van der Waals surface area contributed by atoms with Gasteiger partial charge in [-0.25, -0.2) is 13.8 Å². The summed E-state index contributed by atoms with van der Waals surface area (Å²) in [4.78, 5) is 5.91. The first-order valence-electron chi connectivity index (χ1n) is 20.2. The van der Waals surface area contributed by atoms with Crippen LogP contribution in [0.15, 0.2) is 54.6 Å². The SMILES string of the molecule is Cc1cc2c(cc1C)-n1c3c(ccc4cc(C(C)(C)C)cc(c43)n3c4c5c(c6c(c4nc13)C1CCC6CC1)C1CCC5CC1)B2c1c(F)cccc1F. The number of hydrogen-bond donors (Lipinski definition) is 0. The maximum atomic E-state index is 16.1. The van der Waals surface area contributed by atoms with Crippen molar-refractivity contribution in [2.45, 2.75) is 115 Å². The van der Waals surface area contributed by atoms with E-state index in [-0.39, 0.29) is 10.9 Å². The molecule has 0 N–H and O–H groups in total. The van der Waals surface area contributed by atoms with Crippen molar-refractivity contribution in [2.75, 3.05) is 0 Å². The summed E-state index contributed by atoms with van der Waals surface area (Å²) in [5, 5.41) is 2.32. The molecule has 14 rings (SSSR count). The highest BCUT2D eigenvalue weighted by atomic mass is 19.1. The van der Waals surface area contributed by atoms with Gasteiger partial charge in [-0.1, -0.05) is 51.1 Å². The number of aromatic nitrogens is 3. The topological polar surface area (TPSA) is 22.2 Å². The maximum Gasteiger partial charge on any atom is 0.254 e. The second-order valence-corrected chi connectivity index (χ2v) is 18.4. The van der Waals surface area contributed by atoms with Crippen molar-refractivity contribution < 1.29 is 8.78 Å². The molecule has 2 fully saturated rings. The zero-order valence-corrected chi connectivity index (χ0v) is 31.3. The fourth-order valence-corrected chi connectivity index (χ4v) is 12.2. The van der Waals surface area contributed by atoms with Gasteiger partial charge in [0.2, 0.25) is 5.78 Å². The van der Waals surface area contributed by atoms with Crippen LogP contribution in [0.2, 0.25) is 0 Å². The van der Waals surface area contributed by atoms with Gasteiger partial charge >= 0.3 is 0 Å². The van der Waals surface area contributed by atoms with Gasteiger partial charge in [0.1, 0.15) is 11.6 Å². The molecule has 7 aromatic rings. The zero-order valence-electron chi connectivity index (χ0n) is 31.3. The highest BCUT2D eigenvalue weighted by Crippen LogP contribution is 2.61. The molecule has 0 spiro atoms. The molecule has 6 aliphatic carbocycles. The minimum absolute atomic E-state index is 0.0782. The van der Waals surface area contributed by atoms with Gasteiger partial charge in [-0.2, -0.15) is 0 Å². The molecule has 5 aromatic carbocycles. The number of benzene rings is 5. The molecule has 0 unspecified atom stereocenters. The molecule has 6 heteroatoms. The Labute approximate surface area is 309 Å². The first kappa shape index (κ1) is 31.0. The van der Waals surface area contributed by atoms with Crippen molar-refractivity contribution in [3.8, 4) is 5.69 Å². The molecule has 7 aliphatic rings. The van der Waals surface area contributed by atoms with Gasteiger partial charge in [-0.3, -0.25) is 8.97 Å². The lowest BCUT2D eigenvalue weighted by Crippen LogP contribution is -2.58. The number of aryl methyl sites for hydroxylation is 2. The summed E-state index contributed by atoms with van der Waals surface area (Å²) >= 11 is 0. The second-order valence-electron chi connectivity index (χ2n) is 18.4. The summed E-state index contributed by atoms with van der Waals surface area (Å²) in [5.41, 5.74) is 17.8. The van der Waals surface area contributed by atoms with Crippen molar-refractivity contribution in [3.63, 3.8) is 0 Å². The molecule has 0 saturated heterocycles. The molecule has 3 heterocycles. The summed E-state index contributed by atoms with van der Waals surface area (Å²) in [6, 6.07) is 17.9. The molecule has 3 nitrogen and oxygen atoms in total. The summed E-state index contributed by atoms with van der Waals surface area (Å²) in [6.45, 7) is 10.6. The second kappa shape index (κ2) is 10.2. The smallest absolute Gasteiger partial charge is 0.254 e. The number of nitrogens with zero attached hydrogens (tertiary/aromatic N) is 3. The lowest BCUT2D eigenvalue weighted by Gasteiger charge is -2.46. The maximum absolute atomic E-state index is 16.1. The van der Waals surface area contributed by atoms with E-state index in [1.165, 1.54) is 91.7 Å². The normalized spacial score (nSPS) is 22.7. The van der Waals surface area contributed by atoms with Crippen LogP contribution in [0.3, 0.4) is 0 Å². The Morgan fingerprint density at radius 2 is 1.28 bits per heavy atom. The number of imidazole rings is 1. The Kier molecular flexibility index (Phi) is 5.95. The van der Waals surface area contributed by atoms with Crippen molar-refractivity contribution in [1.82, 2.24) is 14.0 Å². The number of rotatable bonds is 1. The third-order valence-electron chi connectivity index (χ3n) is 14.8. The number of halogens is 2. The van der Waals surface area contributed by atoms with E-state index in [1.807, 2.05) is 0 Å². The molecule has 0 radical (unpaired) electrons. The lowest BCUT2D eigenvalue weighted by atomic mass is 9.35. The molecule has 53 heavy (non-hydrogen) atoms. The molecular weight excluding hydrogens is 655 g/mol. The van der Waals surface area contributed by atoms with Crippen LogP contribution in [0.4, 0.5) is 8.78 Å². The molecule has 2 aromatic heterocycles. The van der Waals surface area contributed by atoms with Crippen molar-refractivity contribution in [1.29, 1.82) is 0 Å². The standard InChI is InChI=1S/C47H44BF2N3/c1-23-19-32-35(20-24(23)2)52-44-31(48(32)42-33(49)7-6-8-34(42)50)18-17-29-21-30(47(3,4)5)22-36(37(29)44)53-45-41-28-15-11-26(12-16-28)39(41)38-25-9-13-27(14-10-25)40(38)43(45)51-46(52)53/h6-8,17-22,25-28H,9-16H2,1-5H3. The van der Waals surface area contributed by atoms with Crippen LogP contribution in [0.5, 0.6) is 0 Å². The van der Waals surface area contributed by atoms with Gasteiger partial charge < -0.3 is 0 Å². The Bertz CT molecular complexity index is 2780. The largest absolute Gasteiger partial charge is 0.281 e. The number of fused-ring (bicyclic) bond motifs is 11. The Morgan fingerprint density at radius 3 is 1.94 bits per heavy atom. The van der Waals surface area contributed by atoms with Crippen LogP contribution in [0.1, 0.15) is 135 Å².